The van der Waals surface area contributed by atoms with Crippen molar-refractivity contribution in [3.05, 3.63) is 35.4 Å². The van der Waals surface area contributed by atoms with Crippen LogP contribution in [0.2, 0.25) is 0 Å². The first-order chi connectivity index (χ1) is 10.9. The molecule has 7 nitrogen and oxygen atoms in total. The molecule has 0 aromatic heterocycles. The summed E-state index contributed by atoms with van der Waals surface area (Å²) < 4.78 is 0. The summed E-state index contributed by atoms with van der Waals surface area (Å²) in [6, 6.07) is 6.69. The van der Waals surface area contributed by atoms with Gasteiger partial charge in [0, 0.05) is 18.4 Å². The van der Waals surface area contributed by atoms with E-state index in [-0.39, 0.29) is 19.3 Å². The standard InChI is InChI=1S/C14H13N3O4.C2H6/c15-14(6-5-10(18)16-13(14)21)17-11(19)7-8-3-1-2-4-9(8)12(17)20;1-2/h1-4H,5-7,15H2,(H,16,18,21);1-2H3/t14-;/m0./s1. The summed E-state index contributed by atoms with van der Waals surface area (Å²) in [6.45, 7) is 4.00. The summed E-state index contributed by atoms with van der Waals surface area (Å²) in [6.07, 6.45) is -0.0830. The summed E-state index contributed by atoms with van der Waals surface area (Å²) >= 11 is 0. The number of piperidine rings is 1. The van der Waals surface area contributed by atoms with Gasteiger partial charge in [0.05, 0.1) is 6.42 Å². The Bertz CT molecular complexity index is 686. The fraction of sp³-hybridized carbons (Fsp3) is 0.375. The highest BCUT2D eigenvalue weighted by atomic mass is 16.2. The van der Waals surface area contributed by atoms with E-state index >= 15 is 0 Å². The highest BCUT2D eigenvalue weighted by molar-refractivity contribution is 6.14. The SMILES string of the molecule is CC.N[C@]1(N2C(=O)Cc3ccccc3C2=O)CCC(=O)NC1=O. The molecule has 4 amide bonds. The number of carbonyl (C=O) groups excluding carboxylic acids is 4. The lowest BCUT2D eigenvalue weighted by molar-refractivity contribution is -0.150. The number of hydrogen-bond donors (Lipinski definition) is 2. The maximum absolute atomic E-state index is 12.5. The maximum Gasteiger partial charge on any atom is 0.267 e. The Labute approximate surface area is 133 Å². The monoisotopic (exact) mass is 317 g/mol. The lowest BCUT2D eigenvalue weighted by Gasteiger charge is -2.41. The van der Waals surface area contributed by atoms with Gasteiger partial charge in [-0.1, -0.05) is 32.0 Å². The van der Waals surface area contributed by atoms with Gasteiger partial charge in [0.2, 0.25) is 11.8 Å². The van der Waals surface area contributed by atoms with Crippen LogP contribution >= 0.6 is 0 Å². The van der Waals surface area contributed by atoms with Crippen LogP contribution in [0.15, 0.2) is 24.3 Å². The molecule has 1 atom stereocenters. The average Bonchev–Trinajstić information content (AvgIpc) is 2.53. The topological polar surface area (TPSA) is 110 Å². The molecule has 23 heavy (non-hydrogen) atoms. The van der Waals surface area contributed by atoms with Crippen molar-refractivity contribution in [1.82, 2.24) is 10.2 Å². The van der Waals surface area contributed by atoms with Gasteiger partial charge in [0.15, 0.2) is 5.66 Å². The van der Waals surface area contributed by atoms with Crippen molar-refractivity contribution >= 4 is 23.6 Å². The predicted octanol–water partition coefficient (Wildman–Crippen LogP) is 0.329. The lowest BCUT2D eigenvalue weighted by Crippen LogP contribution is -2.71. The van der Waals surface area contributed by atoms with Gasteiger partial charge in [-0.05, 0) is 11.6 Å². The van der Waals surface area contributed by atoms with Crippen molar-refractivity contribution in [3.63, 3.8) is 0 Å². The van der Waals surface area contributed by atoms with Crippen molar-refractivity contribution in [2.45, 2.75) is 38.8 Å². The number of fused-ring (bicyclic) bond motifs is 1. The largest absolute Gasteiger partial charge is 0.300 e. The van der Waals surface area contributed by atoms with Crippen LogP contribution in [-0.2, 0) is 20.8 Å². The van der Waals surface area contributed by atoms with Crippen LogP contribution in [0, 0.1) is 0 Å². The summed E-state index contributed by atoms with van der Waals surface area (Å²) in [4.78, 5) is 48.8. The number of benzene rings is 1. The summed E-state index contributed by atoms with van der Waals surface area (Å²) in [5.41, 5.74) is 5.15. The van der Waals surface area contributed by atoms with Crippen molar-refractivity contribution in [2.75, 3.05) is 0 Å². The Morgan fingerprint density at radius 3 is 2.43 bits per heavy atom. The van der Waals surface area contributed by atoms with Gasteiger partial charge < -0.3 is 5.73 Å². The molecule has 2 aliphatic rings. The van der Waals surface area contributed by atoms with Crippen LogP contribution in [0.1, 0.15) is 42.6 Å². The number of carbonyl (C=O) groups is 4. The molecule has 7 heteroatoms. The van der Waals surface area contributed by atoms with E-state index in [1.807, 2.05) is 13.8 Å². The minimum Gasteiger partial charge on any atom is -0.300 e. The van der Waals surface area contributed by atoms with Gasteiger partial charge in [-0.25, -0.2) is 4.90 Å². The first kappa shape index (κ1) is 16.8. The number of nitrogens with zero attached hydrogens (tertiary/aromatic N) is 1. The van der Waals surface area contributed by atoms with Crippen molar-refractivity contribution < 1.29 is 19.2 Å². The molecule has 122 valence electrons. The van der Waals surface area contributed by atoms with E-state index in [4.69, 9.17) is 5.73 Å². The summed E-state index contributed by atoms with van der Waals surface area (Å²) in [5.74, 6) is -2.42. The number of imide groups is 2. The Hall–Kier alpha value is -2.54. The van der Waals surface area contributed by atoms with Crippen molar-refractivity contribution in [2.24, 2.45) is 5.73 Å². The molecule has 1 fully saturated rings. The summed E-state index contributed by atoms with van der Waals surface area (Å²) in [7, 11) is 0. The molecular formula is C16H19N3O4. The van der Waals surface area contributed by atoms with Gasteiger partial charge >= 0.3 is 0 Å². The van der Waals surface area contributed by atoms with Gasteiger partial charge in [0.1, 0.15) is 0 Å². The lowest BCUT2D eigenvalue weighted by atomic mass is 9.91. The number of hydrogen-bond acceptors (Lipinski definition) is 5. The molecule has 3 rings (SSSR count). The average molecular weight is 317 g/mol. The van der Waals surface area contributed by atoms with Crippen LogP contribution in [0.3, 0.4) is 0 Å². The zero-order valence-corrected chi connectivity index (χ0v) is 13.1. The molecule has 2 heterocycles. The van der Waals surface area contributed by atoms with E-state index in [2.05, 4.69) is 5.32 Å². The second-order valence-electron chi connectivity index (χ2n) is 5.17. The predicted molar refractivity (Wildman–Crippen MR) is 82.0 cm³/mol. The molecular weight excluding hydrogens is 298 g/mol. The fourth-order valence-corrected chi connectivity index (χ4v) is 2.69. The van der Waals surface area contributed by atoms with E-state index in [1.165, 1.54) is 0 Å². The number of nitrogens with one attached hydrogen (secondary N) is 1. The van der Waals surface area contributed by atoms with Crippen molar-refractivity contribution in [3.8, 4) is 0 Å². The molecule has 0 saturated carbocycles. The van der Waals surface area contributed by atoms with Gasteiger partial charge in [-0.15, -0.1) is 0 Å². The van der Waals surface area contributed by atoms with Crippen LogP contribution in [-0.4, -0.2) is 34.2 Å². The van der Waals surface area contributed by atoms with E-state index in [0.717, 1.165) is 4.90 Å². The van der Waals surface area contributed by atoms with Crippen molar-refractivity contribution in [1.29, 1.82) is 0 Å². The second-order valence-corrected chi connectivity index (χ2v) is 5.17. The minimum atomic E-state index is -1.81. The molecule has 1 aromatic carbocycles. The number of rotatable bonds is 1. The maximum atomic E-state index is 12.5. The fourth-order valence-electron chi connectivity index (χ4n) is 2.69. The Morgan fingerprint density at radius 1 is 1.13 bits per heavy atom. The van der Waals surface area contributed by atoms with E-state index in [1.54, 1.807) is 24.3 Å². The highest BCUT2D eigenvalue weighted by Gasteiger charge is 2.51. The quantitative estimate of drug-likeness (QED) is 0.725. The molecule has 0 spiro atoms. The first-order valence-electron chi connectivity index (χ1n) is 7.52. The molecule has 3 N–H and O–H groups in total. The second kappa shape index (κ2) is 6.29. The third-order valence-electron chi connectivity index (χ3n) is 3.82. The van der Waals surface area contributed by atoms with E-state index in [9.17, 15) is 19.2 Å². The van der Waals surface area contributed by atoms with Crippen LogP contribution in [0.5, 0.6) is 0 Å². The Morgan fingerprint density at radius 2 is 1.78 bits per heavy atom. The molecule has 0 unspecified atom stereocenters. The molecule has 0 radical (unpaired) electrons. The molecule has 2 aliphatic heterocycles. The van der Waals surface area contributed by atoms with Gasteiger partial charge in [0.25, 0.3) is 11.8 Å². The molecule has 1 aromatic rings. The van der Waals surface area contributed by atoms with Crippen LogP contribution < -0.4 is 11.1 Å². The van der Waals surface area contributed by atoms with Gasteiger partial charge in [-0.3, -0.25) is 24.5 Å². The Kier molecular flexibility index (Phi) is 4.60. The molecule has 1 saturated heterocycles. The van der Waals surface area contributed by atoms with Gasteiger partial charge in [-0.2, -0.15) is 0 Å². The molecule has 0 bridgehead atoms. The Balaban J connectivity index is 0.000000924. The zero-order valence-electron chi connectivity index (χ0n) is 13.1. The summed E-state index contributed by atoms with van der Waals surface area (Å²) in [5, 5.41) is 2.08. The highest BCUT2D eigenvalue weighted by Crippen LogP contribution is 2.28. The molecule has 0 aliphatic carbocycles. The third kappa shape index (κ3) is 2.75. The van der Waals surface area contributed by atoms with E-state index in [0.29, 0.717) is 11.1 Å². The number of amides is 4. The zero-order chi connectivity index (χ0) is 17.2. The third-order valence-corrected chi connectivity index (χ3v) is 3.82. The number of nitrogens with two attached hydrogens (primary N) is 1. The van der Waals surface area contributed by atoms with Crippen LogP contribution in [0.25, 0.3) is 0 Å². The van der Waals surface area contributed by atoms with Crippen LogP contribution in [0.4, 0.5) is 0 Å². The van der Waals surface area contributed by atoms with E-state index < -0.39 is 29.3 Å². The first-order valence-corrected chi connectivity index (χ1v) is 7.52. The minimum absolute atomic E-state index is 0.00207. The smallest absolute Gasteiger partial charge is 0.267 e. The normalized spacial score (nSPS) is 23.7.